The fourth-order valence-corrected chi connectivity index (χ4v) is 2.98. The number of rotatable bonds is 3. The number of hydrogen-bond donors (Lipinski definition) is 1. The zero-order valence-electron chi connectivity index (χ0n) is 11.8. The van der Waals surface area contributed by atoms with Gasteiger partial charge in [-0.25, -0.2) is 4.39 Å². The fraction of sp³-hybridized carbons (Fsp3) is 0.294. The Morgan fingerprint density at radius 3 is 2.86 bits per heavy atom. The number of hydrogen-bond acceptors (Lipinski definition) is 2. The molecule has 4 heteroatoms. The Kier molecular flexibility index (Phi) is 4.02. The van der Waals surface area contributed by atoms with Crippen molar-refractivity contribution in [3.63, 3.8) is 0 Å². The van der Waals surface area contributed by atoms with Crippen LogP contribution in [-0.4, -0.2) is 13.2 Å². The van der Waals surface area contributed by atoms with Crippen molar-refractivity contribution in [1.82, 2.24) is 0 Å². The summed E-state index contributed by atoms with van der Waals surface area (Å²) < 4.78 is 18.6. The lowest BCUT2D eigenvalue weighted by molar-refractivity contribution is 0.413. The maximum absolute atomic E-state index is 13.3. The Balaban J connectivity index is 1.78. The van der Waals surface area contributed by atoms with Gasteiger partial charge in [0.15, 0.2) is 0 Å². The Hall–Kier alpha value is -1.74. The summed E-state index contributed by atoms with van der Waals surface area (Å²) in [5.74, 6) is 0.595. The van der Waals surface area contributed by atoms with E-state index in [2.05, 4.69) is 17.4 Å². The van der Waals surface area contributed by atoms with E-state index in [0.717, 1.165) is 25.0 Å². The third-order valence-corrected chi connectivity index (χ3v) is 4.26. The van der Waals surface area contributed by atoms with Crippen molar-refractivity contribution < 1.29 is 9.13 Å². The molecule has 0 saturated heterocycles. The Bertz CT molecular complexity index is 659. The van der Waals surface area contributed by atoms with Crippen LogP contribution in [0.5, 0.6) is 5.75 Å². The van der Waals surface area contributed by atoms with Crippen molar-refractivity contribution in [3.05, 3.63) is 58.4 Å². The number of halogens is 2. The number of anilines is 1. The van der Waals surface area contributed by atoms with Gasteiger partial charge in [0.25, 0.3) is 0 Å². The summed E-state index contributed by atoms with van der Waals surface area (Å²) in [6, 6.07) is 10.9. The van der Waals surface area contributed by atoms with Crippen LogP contribution in [0.1, 0.15) is 17.5 Å². The van der Waals surface area contributed by atoms with Gasteiger partial charge in [0.1, 0.15) is 11.6 Å². The van der Waals surface area contributed by atoms with Gasteiger partial charge in [-0.15, -0.1) is 0 Å². The molecule has 0 amide bonds. The lowest BCUT2D eigenvalue weighted by Gasteiger charge is -2.27. The largest absolute Gasteiger partial charge is 0.497 e. The molecular weight excluding hydrogens is 289 g/mol. The SMILES string of the molecule is COc1ccc2c(c1)CC(Nc1cc(F)ccc1Cl)CC2. The summed E-state index contributed by atoms with van der Waals surface area (Å²) >= 11 is 6.11. The molecule has 3 rings (SSSR count). The molecule has 1 N–H and O–H groups in total. The molecule has 0 saturated carbocycles. The van der Waals surface area contributed by atoms with E-state index >= 15 is 0 Å². The number of nitrogens with one attached hydrogen (secondary N) is 1. The molecule has 0 heterocycles. The zero-order chi connectivity index (χ0) is 14.8. The second-order valence-electron chi connectivity index (χ2n) is 5.34. The van der Waals surface area contributed by atoms with Crippen molar-refractivity contribution in [2.24, 2.45) is 0 Å². The lowest BCUT2D eigenvalue weighted by atomic mass is 9.88. The molecular formula is C17H17ClFNO. The van der Waals surface area contributed by atoms with E-state index in [-0.39, 0.29) is 11.9 Å². The Morgan fingerprint density at radius 1 is 1.19 bits per heavy atom. The maximum atomic E-state index is 13.3. The van der Waals surface area contributed by atoms with Crippen LogP contribution in [0, 0.1) is 5.82 Å². The molecule has 0 bridgehead atoms. The van der Waals surface area contributed by atoms with Crippen LogP contribution in [-0.2, 0) is 12.8 Å². The molecule has 0 spiro atoms. The van der Waals surface area contributed by atoms with Gasteiger partial charge in [0.05, 0.1) is 17.8 Å². The molecule has 1 atom stereocenters. The van der Waals surface area contributed by atoms with E-state index in [9.17, 15) is 4.39 Å². The van der Waals surface area contributed by atoms with Crippen molar-refractivity contribution in [1.29, 1.82) is 0 Å². The van der Waals surface area contributed by atoms with Crippen LogP contribution in [0.15, 0.2) is 36.4 Å². The van der Waals surface area contributed by atoms with E-state index in [4.69, 9.17) is 16.3 Å². The van der Waals surface area contributed by atoms with Crippen molar-refractivity contribution in [2.45, 2.75) is 25.3 Å². The molecule has 0 fully saturated rings. The average molecular weight is 306 g/mol. The summed E-state index contributed by atoms with van der Waals surface area (Å²) in [6.07, 6.45) is 2.90. The minimum atomic E-state index is -0.278. The van der Waals surface area contributed by atoms with Crippen LogP contribution in [0.4, 0.5) is 10.1 Å². The fourth-order valence-electron chi connectivity index (χ4n) is 2.81. The molecule has 2 aromatic carbocycles. The molecule has 110 valence electrons. The van der Waals surface area contributed by atoms with Gasteiger partial charge in [-0.05, 0) is 60.7 Å². The van der Waals surface area contributed by atoms with Gasteiger partial charge >= 0.3 is 0 Å². The first-order chi connectivity index (χ1) is 10.2. The minimum Gasteiger partial charge on any atom is -0.497 e. The van der Waals surface area contributed by atoms with Gasteiger partial charge in [0.2, 0.25) is 0 Å². The first kappa shape index (κ1) is 14.2. The highest BCUT2D eigenvalue weighted by molar-refractivity contribution is 6.33. The van der Waals surface area contributed by atoms with Crippen LogP contribution in [0.25, 0.3) is 0 Å². The van der Waals surface area contributed by atoms with Gasteiger partial charge < -0.3 is 10.1 Å². The third kappa shape index (κ3) is 3.13. The van der Waals surface area contributed by atoms with Crippen LogP contribution in [0.2, 0.25) is 5.02 Å². The predicted octanol–water partition coefficient (Wildman–Crippen LogP) is 4.46. The first-order valence-electron chi connectivity index (χ1n) is 7.03. The van der Waals surface area contributed by atoms with Gasteiger partial charge in [-0.2, -0.15) is 0 Å². The molecule has 21 heavy (non-hydrogen) atoms. The van der Waals surface area contributed by atoms with Crippen LogP contribution in [0.3, 0.4) is 0 Å². The highest BCUT2D eigenvalue weighted by atomic mass is 35.5. The summed E-state index contributed by atoms with van der Waals surface area (Å²) in [7, 11) is 1.67. The van der Waals surface area contributed by atoms with E-state index in [1.807, 2.05) is 6.07 Å². The normalized spacial score (nSPS) is 17.2. The highest BCUT2D eigenvalue weighted by Gasteiger charge is 2.19. The summed E-state index contributed by atoms with van der Waals surface area (Å²) in [4.78, 5) is 0. The van der Waals surface area contributed by atoms with Crippen LogP contribution >= 0.6 is 11.6 Å². The predicted molar refractivity (Wildman–Crippen MR) is 83.8 cm³/mol. The number of aryl methyl sites for hydroxylation is 1. The zero-order valence-corrected chi connectivity index (χ0v) is 12.6. The second-order valence-corrected chi connectivity index (χ2v) is 5.75. The average Bonchev–Trinajstić information content (AvgIpc) is 2.50. The quantitative estimate of drug-likeness (QED) is 0.904. The van der Waals surface area contributed by atoms with E-state index in [0.29, 0.717) is 10.7 Å². The maximum Gasteiger partial charge on any atom is 0.125 e. The Morgan fingerprint density at radius 2 is 2.05 bits per heavy atom. The molecule has 1 aliphatic carbocycles. The topological polar surface area (TPSA) is 21.3 Å². The molecule has 2 aromatic rings. The molecule has 0 aromatic heterocycles. The van der Waals surface area contributed by atoms with Crippen molar-refractivity contribution in [3.8, 4) is 5.75 Å². The van der Waals surface area contributed by atoms with Crippen molar-refractivity contribution >= 4 is 17.3 Å². The molecule has 1 aliphatic rings. The number of ether oxygens (including phenoxy) is 1. The summed E-state index contributed by atoms with van der Waals surface area (Å²) in [5, 5.41) is 3.90. The van der Waals surface area contributed by atoms with Gasteiger partial charge in [0, 0.05) is 6.04 Å². The lowest BCUT2D eigenvalue weighted by Crippen LogP contribution is -2.27. The summed E-state index contributed by atoms with van der Waals surface area (Å²) in [6.45, 7) is 0. The molecule has 2 nitrogen and oxygen atoms in total. The van der Waals surface area contributed by atoms with Crippen LogP contribution < -0.4 is 10.1 Å². The number of methoxy groups -OCH3 is 1. The van der Waals surface area contributed by atoms with Gasteiger partial charge in [-0.1, -0.05) is 17.7 Å². The van der Waals surface area contributed by atoms with Crippen molar-refractivity contribution in [2.75, 3.05) is 12.4 Å². The highest BCUT2D eigenvalue weighted by Crippen LogP contribution is 2.29. The van der Waals surface area contributed by atoms with E-state index in [1.165, 1.54) is 23.3 Å². The van der Waals surface area contributed by atoms with E-state index < -0.39 is 0 Å². The second kappa shape index (κ2) is 5.94. The third-order valence-electron chi connectivity index (χ3n) is 3.93. The first-order valence-corrected chi connectivity index (χ1v) is 7.41. The van der Waals surface area contributed by atoms with E-state index in [1.54, 1.807) is 13.2 Å². The minimum absolute atomic E-state index is 0.254. The van der Waals surface area contributed by atoms with Gasteiger partial charge in [-0.3, -0.25) is 0 Å². The number of benzene rings is 2. The smallest absolute Gasteiger partial charge is 0.125 e. The molecule has 1 unspecified atom stereocenters. The standard InChI is InChI=1S/C17H17ClFNO/c1-21-15-6-3-11-2-5-14(8-12(11)9-15)20-17-10-13(19)4-7-16(17)18/h3-4,6-7,9-10,14,20H,2,5,8H2,1H3. The summed E-state index contributed by atoms with van der Waals surface area (Å²) in [5.41, 5.74) is 3.30. The molecule has 0 aliphatic heterocycles. The Labute approximate surface area is 128 Å². The molecule has 0 radical (unpaired) electrons. The number of fused-ring (bicyclic) bond motifs is 1. The monoisotopic (exact) mass is 305 g/mol.